The van der Waals surface area contributed by atoms with Crippen molar-refractivity contribution in [2.75, 3.05) is 18.2 Å². The van der Waals surface area contributed by atoms with Gasteiger partial charge in [-0.05, 0) is 29.5 Å². The van der Waals surface area contributed by atoms with Gasteiger partial charge in [-0.15, -0.1) is 0 Å². The molecule has 2 rings (SSSR count). The Kier molecular flexibility index (Phi) is 4.85. The number of aromatic nitrogens is 4. The summed E-state index contributed by atoms with van der Waals surface area (Å²) in [7, 11) is -2.00. The van der Waals surface area contributed by atoms with Crippen molar-refractivity contribution >= 4 is 33.3 Å². The van der Waals surface area contributed by atoms with Gasteiger partial charge in [0.25, 0.3) is 5.91 Å². The van der Waals surface area contributed by atoms with Crippen molar-refractivity contribution in [3.8, 4) is 5.75 Å². The summed E-state index contributed by atoms with van der Waals surface area (Å²) in [5.74, 6) is -0.523. The lowest BCUT2D eigenvalue weighted by Gasteiger charge is -2.13. The summed E-state index contributed by atoms with van der Waals surface area (Å²) in [6.45, 7) is 1.88. The normalized spacial score (nSPS) is 11.3. The molecule has 0 radical (unpaired) electrons. The van der Waals surface area contributed by atoms with E-state index in [0.717, 1.165) is 6.26 Å². The van der Waals surface area contributed by atoms with Crippen molar-refractivity contribution in [1.29, 1.82) is 0 Å². The molecule has 1 N–H and O–H groups in total. The number of nitrogens with one attached hydrogen (secondary N) is 1. The largest absolute Gasteiger partial charge is 0.491 e. The second kappa shape index (κ2) is 6.50. The number of hydrogen-bond acceptors (Lipinski definition) is 7. The predicted molar refractivity (Wildman–Crippen MR) is 82.5 cm³/mol. The van der Waals surface area contributed by atoms with Crippen LogP contribution in [0.3, 0.4) is 0 Å². The van der Waals surface area contributed by atoms with E-state index < -0.39 is 15.7 Å². The molecule has 11 heteroatoms. The van der Waals surface area contributed by atoms with Crippen molar-refractivity contribution in [2.24, 2.45) is 7.05 Å². The molecule has 0 saturated carbocycles. The number of sulfone groups is 1. The first kappa shape index (κ1) is 17.2. The maximum absolute atomic E-state index is 12.3. The summed E-state index contributed by atoms with van der Waals surface area (Å²) in [6.07, 6.45) is 1.03. The fourth-order valence-corrected chi connectivity index (χ4v) is 2.96. The van der Waals surface area contributed by atoms with Gasteiger partial charge in [0.1, 0.15) is 4.90 Å². The van der Waals surface area contributed by atoms with Gasteiger partial charge in [-0.2, -0.15) is 0 Å². The van der Waals surface area contributed by atoms with Crippen LogP contribution in [0.5, 0.6) is 5.75 Å². The van der Waals surface area contributed by atoms with Gasteiger partial charge in [-0.1, -0.05) is 16.7 Å². The van der Waals surface area contributed by atoms with Crippen molar-refractivity contribution in [3.63, 3.8) is 0 Å². The van der Waals surface area contributed by atoms with Crippen molar-refractivity contribution in [3.05, 3.63) is 22.7 Å². The van der Waals surface area contributed by atoms with E-state index in [1.807, 2.05) is 0 Å². The first-order chi connectivity index (χ1) is 10.8. The molecule has 0 saturated heterocycles. The minimum atomic E-state index is -3.55. The molecule has 0 aliphatic carbocycles. The molecule has 0 spiro atoms. The Morgan fingerprint density at radius 3 is 2.65 bits per heavy atom. The molecule has 23 heavy (non-hydrogen) atoms. The number of anilines is 1. The van der Waals surface area contributed by atoms with Crippen LogP contribution < -0.4 is 10.1 Å². The molecule has 0 fully saturated rings. The van der Waals surface area contributed by atoms with Gasteiger partial charge in [0.15, 0.2) is 15.6 Å². The lowest BCUT2D eigenvalue weighted by Crippen LogP contribution is -2.17. The van der Waals surface area contributed by atoms with Gasteiger partial charge in [-0.25, -0.2) is 13.1 Å². The third kappa shape index (κ3) is 3.59. The second-order valence-electron chi connectivity index (χ2n) is 4.54. The second-order valence-corrected chi connectivity index (χ2v) is 6.90. The van der Waals surface area contributed by atoms with E-state index in [9.17, 15) is 13.2 Å². The summed E-state index contributed by atoms with van der Waals surface area (Å²) in [4.78, 5) is 12.2. The number of benzene rings is 1. The average Bonchev–Trinajstić information content (AvgIpc) is 2.85. The maximum Gasteiger partial charge on any atom is 0.259 e. The van der Waals surface area contributed by atoms with E-state index in [1.165, 1.54) is 16.8 Å². The lowest BCUT2D eigenvalue weighted by atomic mass is 10.2. The van der Waals surface area contributed by atoms with Gasteiger partial charge in [0, 0.05) is 13.3 Å². The molecule has 124 valence electrons. The van der Waals surface area contributed by atoms with E-state index in [-0.39, 0.29) is 33.8 Å². The van der Waals surface area contributed by atoms with Crippen molar-refractivity contribution < 1.29 is 17.9 Å². The van der Waals surface area contributed by atoms with Crippen LogP contribution in [0.4, 0.5) is 5.95 Å². The Morgan fingerprint density at radius 2 is 2.13 bits per heavy atom. The minimum Gasteiger partial charge on any atom is -0.491 e. The number of aryl methyl sites for hydroxylation is 1. The molecular weight excluding hydrogens is 346 g/mol. The Bertz CT molecular complexity index is 849. The van der Waals surface area contributed by atoms with Gasteiger partial charge >= 0.3 is 0 Å². The number of ether oxygens (including phenoxy) is 1. The van der Waals surface area contributed by atoms with Crippen LogP contribution in [0.1, 0.15) is 17.3 Å². The summed E-state index contributed by atoms with van der Waals surface area (Å²) < 4.78 is 30.2. The highest BCUT2D eigenvalue weighted by Crippen LogP contribution is 2.35. The Balaban J connectivity index is 2.46. The molecule has 0 atom stereocenters. The molecule has 0 aliphatic rings. The average molecular weight is 360 g/mol. The highest BCUT2D eigenvalue weighted by Gasteiger charge is 2.23. The Hall–Kier alpha value is -2.20. The van der Waals surface area contributed by atoms with Crippen molar-refractivity contribution in [2.45, 2.75) is 11.8 Å². The Morgan fingerprint density at radius 1 is 1.43 bits per heavy atom. The predicted octanol–water partition coefficient (Wildman–Crippen LogP) is 0.918. The number of tetrazole rings is 1. The number of halogens is 1. The zero-order chi connectivity index (χ0) is 17.2. The van der Waals surface area contributed by atoms with E-state index in [4.69, 9.17) is 16.3 Å². The number of amides is 1. The van der Waals surface area contributed by atoms with Crippen LogP contribution >= 0.6 is 11.6 Å². The maximum atomic E-state index is 12.3. The van der Waals surface area contributed by atoms with E-state index in [1.54, 1.807) is 14.0 Å². The van der Waals surface area contributed by atoms with Gasteiger partial charge in [0.2, 0.25) is 5.95 Å². The third-order valence-electron chi connectivity index (χ3n) is 2.84. The Labute approximate surface area is 137 Å². The quantitative estimate of drug-likeness (QED) is 0.843. The first-order valence-electron chi connectivity index (χ1n) is 6.44. The number of carbonyl (C=O) groups excluding carboxylic acids is 1. The summed E-state index contributed by atoms with van der Waals surface area (Å²) in [5.41, 5.74) is 0.0468. The van der Waals surface area contributed by atoms with Crippen LogP contribution in [0.15, 0.2) is 17.0 Å². The van der Waals surface area contributed by atoms with Crippen LogP contribution in [0.2, 0.25) is 5.02 Å². The fraction of sp³-hybridized carbons (Fsp3) is 0.333. The standard InChI is InChI=1S/C12H14ClN5O4S/c1-4-22-10-8(23(3,20)21)6-5-7(9(10)13)11(19)14-12-15-16-17-18(12)2/h5-6H,4H2,1-3H3,(H,14,15,17,19). The summed E-state index contributed by atoms with van der Waals surface area (Å²) in [5, 5.41) is 13.0. The number of nitrogens with zero attached hydrogens (tertiary/aromatic N) is 4. The zero-order valence-electron chi connectivity index (χ0n) is 12.6. The summed E-state index contributed by atoms with van der Waals surface area (Å²) in [6, 6.07) is 2.58. The summed E-state index contributed by atoms with van der Waals surface area (Å²) >= 11 is 6.16. The molecule has 9 nitrogen and oxygen atoms in total. The topological polar surface area (TPSA) is 116 Å². The van der Waals surface area contributed by atoms with Crippen LogP contribution in [-0.2, 0) is 16.9 Å². The number of rotatable bonds is 5. The van der Waals surface area contributed by atoms with Crippen LogP contribution in [0.25, 0.3) is 0 Å². The lowest BCUT2D eigenvalue weighted by molar-refractivity contribution is 0.102. The molecule has 1 aromatic heterocycles. The third-order valence-corrected chi connectivity index (χ3v) is 4.33. The number of carbonyl (C=O) groups is 1. The van der Waals surface area contributed by atoms with Crippen LogP contribution in [0, 0.1) is 0 Å². The molecule has 0 aliphatic heterocycles. The van der Waals surface area contributed by atoms with Gasteiger partial charge in [0.05, 0.1) is 17.2 Å². The molecule has 1 heterocycles. The monoisotopic (exact) mass is 359 g/mol. The zero-order valence-corrected chi connectivity index (χ0v) is 14.1. The van der Waals surface area contributed by atoms with Gasteiger partial charge < -0.3 is 4.74 Å². The van der Waals surface area contributed by atoms with E-state index in [0.29, 0.717) is 0 Å². The molecule has 0 unspecified atom stereocenters. The molecule has 2 aromatic rings. The smallest absolute Gasteiger partial charge is 0.259 e. The molecule has 1 amide bonds. The fourth-order valence-electron chi connectivity index (χ4n) is 1.79. The van der Waals surface area contributed by atoms with Gasteiger partial charge in [-0.3, -0.25) is 10.1 Å². The SMILES string of the molecule is CCOc1c(S(C)(=O)=O)ccc(C(=O)Nc2nnnn2C)c1Cl. The van der Waals surface area contributed by atoms with Crippen molar-refractivity contribution in [1.82, 2.24) is 20.2 Å². The van der Waals surface area contributed by atoms with E-state index >= 15 is 0 Å². The van der Waals surface area contributed by atoms with Crippen LogP contribution in [-0.4, -0.2) is 47.4 Å². The first-order valence-corrected chi connectivity index (χ1v) is 8.71. The molecule has 1 aromatic carbocycles. The highest BCUT2D eigenvalue weighted by atomic mass is 35.5. The highest BCUT2D eigenvalue weighted by molar-refractivity contribution is 7.90. The molecular formula is C12H14ClN5O4S. The number of hydrogen-bond donors (Lipinski definition) is 1. The van der Waals surface area contributed by atoms with E-state index in [2.05, 4.69) is 20.8 Å². The minimum absolute atomic E-state index is 0.0468. The molecule has 0 bridgehead atoms.